The average molecular weight is 374 g/mol. The van der Waals surface area contributed by atoms with Crippen LogP contribution in [0.15, 0.2) is 45.0 Å². The van der Waals surface area contributed by atoms with Gasteiger partial charge in [0.2, 0.25) is 5.95 Å². The van der Waals surface area contributed by atoms with Crippen LogP contribution >= 0.6 is 11.6 Å². The van der Waals surface area contributed by atoms with Crippen LogP contribution < -0.4 is 16.6 Å². The van der Waals surface area contributed by atoms with Crippen molar-refractivity contribution in [2.75, 3.05) is 5.32 Å². The molecular weight excluding hydrogens is 354 g/mol. The van der Waals surface area contributed by atoms with E-state index in [1.165, 1.54) is 11.6 Å². The van der Waals surface area contributed by atoms with Gasteiger partial charge in [-0.25, -0.2) is 4.79 Å². The summed E-state index contributed by atoms with van der Waals surface area (Å²) in [5.74, 6) is 0.470. The van der Waals surface area contributed by atoms with Crippen LogP contribution in [0.25, 0.3) is 11.2 Å². The Bertz CT molecular complexity index is 1130. The third-order valence-electron chi connectivity index (χ3n) is 4.18. The second-order valence-corrected chi connectivity index (χ2v) is 6.81. The van der Waals surface area contributed by atoms with Crippen molar-refractivity contribution in [2.24, 2.45) is 14.1 Å². The highest BCUT2D eigenvalue weighted by Gasteiger charge is 2.18. The number of nitrogens with zero attached hydrogens (tertiary/aromatic N) is 4. The van der Waals surface area contributed by atoms with Crippen LogP contribution in [0.1, 0.15) is 12.5 Å². The van der Waals surface area contributed by atoms with Gasteiger partial charge in [-0.1, -0.05) is 29.8 Å². The van der Waals surface area contributed by atoms with E-state index >= 15 is 0 Å². The van der Waals surface area contributed by atoms with Crippen LogP contribution in [-0.2, 0) is 20.6 Å². The molecular formula is C18H20ClN5O2. The van der Waals surface area contributed by atoms with Crippen LogP contribution in [0, 0.1) is 6.92 Å². The largest absolute Gasteiger partial charge is 0.332 e. The highest BCUT2D eigenvalue weighted by molar-refractivity contribution is 6.29. The van der Waals surface area contributed by atoms with Gasteiger partial charge in [0.05, 0.1) is 0 Å². The lowest BCUT2D eigenvalue weighted by Crippen LogP contribution is -2.37. The molecule has 0 aliphatic rings. The van der Waals surface area contributed by atoms with Crippen molar-refractivity contribution in [1.82, 2.24) is 18.7 Å². The minimum atomic E-state index is -0.418. The first-order chi connectivity index (χ1) is 12.3. The summed E-state index contributed by atoms with van der Waals surface area (Å²) in [5.41, 5.74) is 1.80. The second kappa shape index (κ2) is 6.84. The molecule has 0 fully saturated rings. The van der Waals surface area contributed by atoms with Crippen molar-refractivity contribution in [1.29, 1.82) is 0 Å². The van der Waals surface area contributed by atoms with Crippen molar-refractivity contribution in [3.63, 3.8) is 0 Å². The monoisotopic (exact) mass is 373 g/mol. The molecule has 0 aliphatic carbocycles. The van der Waals surface area contributed by atoms with Gasteiger partial charge in [-0.2, -0.15) is 4.98 Å². The van der Waals surface area contributed by atoms with E-state index in [0.29, 0.717) is 28.7 Å². The maximum atomic E-state index is 12.7. The highest BCUT2D eigenvalue weighted by Crippen LogP contribution is 2.21. The lowest BCUT2D eigenvalue weighted by Gasteiger charge is -2.09. The van der Waals surface area contributed by atoms with Crippen LogP contribution in [0.5, 0.6) is 0 Å². The van der Waals surface area contributed by atoms with Crippen molar-refractivity contribution in [3.8, 4) is 0 Å². The predicted octanol–water partition coefficient (Wildman–Crippen LogP) is 2.63. The first-order valence-electron chi connectivity index (χ1n) is 8.12. The summed E-state index contributed by atoms with van der Waals surface area (Å²) in [7, 11) is 3.05. The molecule has 0 radical (unpaired) electrons. The lowest BCUT2D eigenvalue weighted by atomic mass is 10.2. The zero-order valence-corrected chi connectivity index (χ0v) is 15.8. The average Bonchev–Trinajstić information content (AvgIpc) is 2.94. The maximum Gasteiger partial charge on any atom is 0.332 e. The zero-order chi connectivity index (χ0) is 19.0. The van der Waals surface area contributed by atoms with Gasteiger partial charge in [-0.15, -0.1) is 0 Å². The Hall–Kier alpha value is -2.80. The standard InChI is InChI=1S/C18H20ClN5O2/c1-11-6-5-7-13(10-11)20-17-21-15-14(24(17)9-8-12(2)19)16(25)23(4)18(26)22(15)3/h5-8,10H,9H2,1-4H3,(H,20,21)/b12-8-. The number of aromatic nitrogens is 4. The summed E-state index contributed by atoms with van der Waals surface area (Å²) in [4.78, 5) is 29.4. The molecule has 7 nitrogen and oxygen atoms in total. The smallest absolute Gasteiger partial charge is 0.326 e. The number of hydrogen-bond donors (Lipinski definition) is 1. The van der Waals surface area contributed by atoms with Gasteiger partial charge in [0.25, 0.3) is 5.56 Å². The molecule has 2 aromatic heterocycles. The molecule has 0 saturated carbocycles. The fraction of sp³-hybridized carbons (Fsp3) is 0.278. The van der Waals surface area contributed by atoms with Crippen LogP contribution in [0.4, 0.5) is 11.6 Å². The predicted molar refractivity (Wildman–Crippen MR) is 104 cm³/mol. The van der Waals surface area contributed by atoms with Crippen molar-refractivity contribution in [3.05, 3.63) is 61.8 Å². The molecule has 2 heterocycles. The SMILES string of the molecule is C/C(Cl)=C/Cn1c(Nc2cccc(C)c2)nc2c1c(=O)n(C)c(=O)n2C. The fourth-order valence-electron chi connectivity index (χ4n) is 2.79. The number of benzene rings is 1. The molecule has 1 N–H and O–H groups in total. The zero-order valence-electron chi connectivity index (χ0n) is 15.1. The van der Waals surface area contributed by atoms with E-state index in [9.17, 15) is 9.59 Å². The summed E-state index contributed by atoms with van der Waals surface area (Å²) in [6.07, 6.45) is 1.79. The Labute approximate surface area is 155 Å². The van der Waals surface area contributed by atoms with E-state index in [4.69, 9.17) is 11.6 Å². The number of rotatable bonds is 4. The Kier molecular flexibility index (Phi) is 4.73. The molecule has 136 valence electrons. The van der Waals surface area contributed by atoms with Crippen LogP contribution in [0.2, 0.25) is 0 Å². The van der Waals surface area contributed by atoms with Crippen molar-refractivity contribution in [2.45, 2.75) is 20.4 Å². The molecule has 0 atom stereocenters. The summed E-state index contributed by atoms with van der Waals surface area (Å²) in [5, 5.41) is 3.84. The fourth-order valence-corrected chi connectivity index (χ4v) is 2.86. The summed E-state index contributed by atoms with van der Waals surface area (Å²) in [6.45, 7) is 4.11. The molecule has 1 aromatic carbocycles. The number of allylic oxidation sites excluding steroid dienone is 2. The summed E-state index contributed by atoms with van der Waals surface area (Å²) < 4.78 is 4.17. The van der Waals surface area contributed by atoms with E-state index in [2.05, 4.69) is 10.3 Å². The van der Waals surface area contributed by atoms with Gasteiger partial charge in [0.15, 0.2) is 11.2 Å². The molecule has 0 saturated heterocycles. The van der Waals surface area contributed by atoms with Gasteiger partial charge < -0.3 is 9.88 Å². The molecule has 26 heavy (non-hydrogen) atoms. The number of hydrogen-bond acceptors (Lipinski definition) is 4. The van der Waals surface area contributed by atoms with Crippen molar-refractivity contribution >= 4 is 34.4 Å². The number of aryl methyl sites for hydroxylation is 2. The normalized spacial score (nSPS) is 12.0. The number of anilines is 2. The number of fused-ring (bicyclic) bond motifs is 1. The summed E-state index contributed by atoms with van der Waals surface area (Å²) >= 11 is 5.98. The highest BCUT2D eigenvalue weighted by atomic mass is 35.5. The maximum absolute atomic E-state index is 12.7. The molecule has 0 amide bonds. The molecule has 0 spiro atoms. The minimum Gasteiger partial charge on any atom is -0.326 e. The molecule has 3 rings (SSSR count). The van der Waals surface area contributed by atoms with E-state index < -0.39 is 11.2 Å². The molecule has 3 aromatic rings. The van der Waals surface area contributed by atoms with E-state index in [-0.39, 0.29) is 0 Å². The van der Waals surface area contributed by atoms with E-state index in [0.717, 1.165) is 15.8 Å². The number of nitrogens with one attached hydrogen (secondary N) is 1. The van der Waals surface area contributed by atoms with Gasteiger partial charge in [-0.3, -0.25) is 13.9 Å². The summed E-state index contributed by atoms with van der Waals surface area (Å²) in [6, 6.07) is 7.81. The van der Waals surface area contributed by atoms with E-state index in [1.807, 2.05) is 31.2 Å². The van der Waals surface area contributed by atoms with Gasteiger partial charge in [0.1, 0.15) is 0 Å². The van der Waals surface area contributed by atoms with Crippen LogP contribution in [0.3, 0.4) is 0 Å². The third kappa shape index (κ3) is 3.17. The second-order valence-electron chi connectivity index (χ2n) is 6.21. The van der Waals surface area contributed by atoms with Crippen LogP contribution in [-0.4, -0.2) is 18.7 Å². The Balaban J connectivity index is 2.27. The third-order valence-corrected chi connectivity index (χ3v) is 4.33. The molecule has 0 aliphatic heterocycles. The van der Waals surface area contributed by atoms with E-state index in [1.54, 1.807) is 24.6 Å². The Morgan fingerprint density at radius 3 is 2.65 bits per heavy atom. The Morgan fingerprint density at radius 1 is 1.27 bits per heavy atom. The quantitative estimate of drug-likeness (QED) is 0.763. The topological polar surface area (TPSA) is 73.8 Å². The molecule has 8 heteroatoms. The van der Waals surface area contributed by atoms with Gasteiger partial charge in [-0.05, 0) is 31.5 Å². The van der Waals surface area contributed by atoms with Gasteiger partial charge >= 0.3 is 5.69 Å². The van der Waals surface area contributed by atoms with Crippen molar-refractivity contribution < 1.29 is 0 Å². The lowest BCUT2D eigenvalue weighted by molar-refractivity contribution is 0.703. The first-order valence-corrected chi connectivity index (χ1v) is 8.49. The van der Waals surface area contributed by atoms with Gasteiger partial charge in [0, 0.05) is 31.4 Å². The number of halogens is 1. The minimum absolute atomic E-state index is 0.328. The molecule has 0 unspecified atom stereocenters. The number of imidazole rings is 1. The molecule has 0 bridgehead atoms. The first kappa shape index (κ1) is 18.0. The Morgan fingerprint density at radius 2 is 2.00 bits per heavy atom.